The maximum atomic E-state index is 10.2. The van der Waals surface area contributed by atoms with Gasteiger partial charge in [-0.3, -0.25) is 0 Å². The molecule has 0 radical (unpaired) electrons. The van der Waals surface area contributed by atoms with Crippen LogP contribution in [0.5, 0.6) is 0 Å². The number of carbonyl (C=O) groups excluding carboxylic acids is 1. The van der Waals surface area contributed by atoms with E-state index in [1.807, 2.05) is 0 Å². The lowest BCUT2D eigenvalue weighted by molar-refractivity contribution is -0.108. The van der Waals surface area contributed by atoms with Gasteiger partial charge in [0.2, 0.25) is 0 Å². The Morgan fingerprint density at radius 1 is 1.45 bits per heavy atom. The van der Waals surface area contributed by atoms with Gasteiger partial charge in [0, 0.05) is 18.5 Å². The summed E-state index contributed by atoms with van der Waals surface area (Å²) in [4.78, 5) is 10.2. The quantitative estimate of drug-likeness (QED) is 0.626. The summed E-state index contributed by atoms with van der Waals surface area (Å²) in [5, 5.41) is 3.47. The van der Waals surface area contributed by atoms with E-state index in [1.165, 1.54) is 25.7 Å². The van der Waals surface area contributed by atoms with Gasteiger partial charge in [-0.1, -0.05) is 13.3 Å². The van der Waals surface area contributed by atoms with E-state index in [1.54, 1.807) is 0 Å². The van der Waals surface area contributed by atoms with Crippen LogP contribution in [-0.2, 0) is 4.79 Å². The van der Waals surface area contributed by atoms with E-state index in [0.29, 0.717) is 18.5 Å². The number of rotatable bonds is 3. The van der Waals surface area contributed by atoms with Gasteiger partial charge in [-0.05, 0) is 19.3 Å². The lowest BCUT2D eigenvalue weighted by Gasteiger charge is -2.29. The predicted molar refractivity (Wildman–Crippen MR) is 45.5 cm³/mol. The fraction of sp³-hybridized carbons (Fsp3) is 0.889. The van der Waals surface area contributed by atoms with Crippen LogP contribution in [0.1, 0.15) is 39.0 Å². The highest BCUT2D eigenvalue weighted by Crippen LogP contribution is 2.15. The van der Waals surface area contributed by atoms with Crippen LogP contribution in [-0.4, -0.2) is 18.4 Å². The van der Waals surface area contributed by atoms with Crippen molar-refractivity contribution in [3.63, 3.8) is 0 Å². The first kappa shape index (κ1) is 8.72. The summed E-state index contributed by atoms with van der Waals surface area (Å²) in [7, 11) is 0. The van der Waals surface area contributed by atoms with E-state index in [-0.39, 0.29) is 0 Å². The molecule has 2 atom stereocenters. The molecule has 1 N–H and O–H groups in total. The van der Waals surface area contributed by atoms with Crippen LogP contribution in [0.25, 0.3) is 0 Å². The van der Waals surface area contributed by atoms with Crippen LogP contribution >= 0.6 is 0 Å². The van der Waals surface area contributed by atoms with Gasteiger partial charge < -0.3 is 10.1 Å². The molecule has 0 spiro atoms. The second kappa shape index (κ2) is 4.50. The lowest BCUT2D eigenvalue weighted by atomic mass is 9.96. The summed E-state index contributed by atoms with van der Waals surface area (Å²) < 4.78 is 0. The number of nitrogens with one attached hydrogen (secondary N) is 1. The van der Waals surface area contributed by atoms with Crippen molar-refractivity contribution in [2.24, 2.45) is 0 Å². The molecule has 1 saturated heterocycles. The average Bonchev–Trinajstić information content (AvgIpc) is 2.06. The molecule has 1 fully saturated rings. The van der Waals surface area contributed by atoms with E-state index in [4.69, 9.17) is 0 Å². The van der Waals surface area contributed by atoms with Crippen molar-refractivity contribution in [1.29, 1.82) is 0 Å². The molecule has 1 heterocycles. The highest BCUT2D eigenvalue weighted by molar-refractivity contribution is 5.50. The van der Waals surface area contributed by atoms with Gasteiger partial charge in [0.25, 0.3) is 0 Å². The molecular formula is C9H17NO. The van der Waals surface area contributed by atoms with Gasteiger partial charge >= 0.3 is 0 Å². The van der Waals surface area contributed by atoms with Crippen LogP contribution in [0.15, 0.2) is 0 Å². The van der Waals surface area contributed by atoms with Crippen LogP contribution in [0.3, 0.4) is 0 Å². The van der Waals surface area contributed by atoms with E-state index in [9.17, 15) is 4.79 Å². The Morgan fingerprint density at radius 3 is 2.82 bits per heavy atom. The second-order valence-corrected chi connectivity index (χ2v) is 3.30. The molecular weight excluding hydrogens is 138 g/mol. The fourth-order valence-electron chi connectivity index (χ4n) is 1.73. The Balaban J connectivity index is 2.27. The molecule has 64 valence electrons. The maximum absolute atomic E-state index is 10.2. The molecule has 0 aliphatic carbocycles. The van der Waals surface area contributed by atoms with Crippen molar-refractivity contribution in [2.75, 3.05) is 0 Å². The molecule has 11 heavy (non-hydrogen) atoms. The van der Waals surface area contributed by atoms with E-state index in [2.05, 4.69) is 12.2 Å². The Bertz CT molecular complexity index is 125. The summed E-state index contributed by atoms with van der Waals surface area (Å²) in [5.41, 5.74) is 0. The standard InChI is InChI=1S/C9H17NO/c1-2-8-4-3-5-9(10-8)6-7-11/h7-10H,2-6H2,1H3. The topological polar surface area (TPSA) is 29.1 Å². The van der Waals surface area contributed by atoms with Gasteiger partial charge in [0.05, 0.1) is 0 Å². The normalized spacial score (nSPS) is 31.7. The van der Waals surface area contributed by atoms with Gasteiger partial charge in [-0.15, -0.1) is 0 Å². The number of carbonyl (C=O) groups is 1. The van der Waals surface area contributed by atoms with Gasteiger partial charge in [0.1, 0.15) is 6.29 Å². The van der Waals surface area contributed by atoms with Gasteiger partial charge in [-0.2, -0.15) is 0 Å². The highest BCUT2D eigenvalue weighted by Gasteiger charge is 2.18. The lowest BCUT2D eigenvalue weighted by Crippen LogP contribution is -2.41. The largest absolute Gasteiger partial charge is 0.311 e. The second-order valence-electron chi connectivity index (χ2n) is 3.30. The zero-order chi connectivity index (χ0) is 8.10. The first-order valence-electron chi connectivity index (χ1n) is 4.56. The van der Waals surface area contributed by atoms with Crippen molar-refractivity contribution in [3.05, 3.63) is 0 Å². The monoisotopic (exact) mass is 155 g/mol. The predicted octanol–water partition coefficient (Wildman–Crippen LogP) is 1.50. The molecule has 2 unspecified atom stereocenters. The van der Waals surface area contributed by atoms with Crippen LogP contribution in [0.2, 0.25) is 0 Å². The number of hydrogen-bond acceptors (Lipinski definition) is 2. The smallest absolute Gasteiger partial charge is 0.121 e. The molecule has 1 rings (SSSR count). The summed E-state index contributed by atoms with van der Waals surface area (Å²) in [6, 6.07) is 1.12. The minimum Gasteiger partial charge on any atom is -0.311 e. The maximum Gasteiger partial charge on any atom is 0.121 e. The third-order valence-electron chi connectivity index (χ3n) is 2.45. The van der Waals surface area contributed by atoms with Crippen molar-refractivity contribution in [2.45, 2.75) is 51.1 Å². The molecule has 2 heteroatoms. The number of hydrogen-bond donors (Lipinski definition) is 1. The SMILES string of the molecule is CCC1CCCC(CC=O)N1. The van der Waals surface area contributed by atoms with E-state index in [0.717, 1.165) is 6.29 Å². The minimum absolute atomic E-state index is 0.464. The van der Waals surface area contributed by atoms with E-state index < -0.39 is 0 Å². The van der Waals surface area contributed by atoms with Crippen LogP contribution in [0.4, 0.5) is 0 Å². The van der Waals surface area contributed by atoms with E-state index >= 15 is 0 Å². The molecule has 0 saturated carbocycles. The molecule has 2 nitrogen and oxygen atoms in total. The van der Waals surface area contributed by atoms with Crippen LogP contribution < -0.4 is 5.32 Å². The molecule has 0 amide bonds. The molecule has 0 aromatic carbocycles. The summed E-state index contributed by atoms with van der Waals surface area (Å²) in [6.07, 6.45) is 6.65. The Hall–Kier alpha value is -0.370. The summed E-state index contributed by atoms with van der Waals surface area (Å²) >= 11 is 0. The third-order valence-corrected chi connectivity index (χ3v) is 2.45. The van der Waals surface area contributed by atoms with Crippen molar-refractivity contribution < 1.29 is 4.79 Å². The number of piperidine rings is 1. The molecule has 1 aliphatic heterocycles. The summed E-state index contributed by atoms with van der Waals surface area (Å²) in [6.45, 7) is 2.20. The zero-order valence-corrected chi connectivity index (χ0v) is 7.18. The van der Waals surface area contributed by atoms with Gasteiger partial charge in [0.15, 0.2) is 0 Å². The zero-order valence-electron chi connectivity index (χ0n) is 7.18. The molecule has 1 aliphatic rings. The molecule has 0 aromatic heterocycles. The Morgan fingerprint density at radius 2 is 2.18 bits per heavy atom. The summed E-state index contributed by atoms with van der Waals surface area (Å²) in [5.74, 6) is 0. The van der Waals surface area contributed by atoms with Crippen molar-refractivity contribution in [1.82, 2.24) is 5.32 Å². The first-order chi connectivity index (χ1) is 5.36. The third kappa shape index (κ3) is 2.62. The Labute approximate surface area is 68.4 Å². The highest BCUT2D eigenvalue weighted by atomic mass is 16.1. The molecule has 0 bridgehead atoms. The Kier molecular flexibility index (Phi) is 3.57. The molecule has 0 aromatic rings. The minimum atomic E-state index is 0.464. The first-order valence-corrected chi connectivity index (χ1v) is 4.56. The van der Waals surface area contributed by atoms with Crippen LogP contribution in [0, 0.1) is 0 Å². The average molecular weight is 155 g/mol. The fourth-order valence-corrected chi connectivity index (χ4v) is 1.73. The van der Waals surface area contributed by atoms with Crippen molar-refractivity contribution in [3.8, 4) is 0 Å². The van der Waals surface area contributed by atoms with Gasteiger partial charge in [-0.25, -0.2) is 0 Å². The number of aldehydes is 1. The van der Waals surface area contributed by atoms with Crippen molar-refractivity contribution >= 4 is 6.29 Å².